The number of carbonyl (C=O) groups is 2. The van der Waals surface area contributed by atoms with Crippen molar-refractivity contribution in [2.24, 2.45) is 0 Å². The van der Waals surface area contributed by atoms with E-state index >= 15 is 0 Å². The van der Waals surface area contributed by atoms with Crippen LogP contribution in [0.25, 0.3) is 0 Å². The topological polar surface area (TPSA) is 67.2 Å². The molecule has 7 heteroatoms. The zero-order valence-electron chi connectivity index (χ0n) is 9.75. The van der Waals surface area contributed by atoms with Gasteiger partial charge >= 0.3 is 12.1 Å². The maximum atomic E-state index is 12.8. The highest BCUT2D eigenvalue weighted by Gasteiger charge is 2.36. The summed E-state index contributed by atoms with van der Waals surface area (Å²) in [6, 6.07) is 2.74. The Labute approximate surface area is 106 Å². The van der Waals surface area contributed by atoms with Crippen LogP contribution in [-0.2, 0) is 10.9 Å². The fourth-order valence-electron chi connectivity index (χ4n) is 1.42. The van der Waals surface area contributed by atoms with Crippen LogP contribution in [-0.4, -0.2) is 18.9 Å². The molecule has 0 aliphatic carbocycles. The van der Waals surface area contributed by atoms with Gasteiger partial charge in [-0.3, -0.25) is 4.79 Å². The number of nitrogens with zero attached hydrogens (tertiary/aromatic N) is 1. The molecule has 0 atom stereocenters. The first kappa shape index (κ1) is 14.7. The maximum Gasteiger partial charge on any atom is 0.417 e. The molecule has 4 nitrogen and oxygen atoms in total. The first-order chi connectivity index (χ1) is 8.85. The van der Waals surface area contributed by atoms with Gasteiger partial charge < -0.3 is 4.74 Å². The average molecular weight is 271 g/mol. The van der Waals surface area contributed by atoms with Gasteiger partial charge in [-0.15, -0.1) is 0 Å². The number of aldehydes is 1. The number of carbonyl (C=O) groups excluding carboxylic acids is 2. The molecule has 0 saturated carbocycles. The molecular formula is C12H8F3NO3. The standard InChI is InChI=1S/C12H8F3NO3/c1-2-19-11(18)9-3-7(5-16)8(6-17)4-10(9)12(13,14)15/h3-4,6H,2H2,1H3. The third-order valence-corrected chi connectivity index (χ3v) is 2.24. The van der Waals surface area contributed by atoms with Crippen LogP contribution in [0.5, 0.6) is 0 Å². The molecule has 0 saturated heterocycles. The van der Waals surface area contributed by atoms with Crippen LogP contribution in [0.1, 0.15) is 38.8 Å². The Morgan fingerprint density at radius 1 is 1.47 bits per heavy atom. The summed E-state index contributed by atoms with van der Waals surface area (Å²) in [6.45, 7) is 1.34. The van der Waals surface area contributed by atoms with E-state index in [1.54, 1.807) is 6.07 Å². The summed E-state index contributed by atoms with van der Waals surface area (Å²) >= 11 is 0. The fraction of sp³-hybridized carbons (Fsp3) is 0.250. The lowest BCUT2D eigenvalue weighted by Crippen LogP contribution is -2.16. The van der Waals surface area contributed by atoms with Crippen LogP contribution in [0.4, 0.5) is 13.2 Å². The molecule has 0 N–H and O–H groups in total. The quantitative estimate of drug-likeness (QED) is 0.626. The van der Waals surface area contributed by atoms with Crippen molar-refractivity contribution in [2.45, 2.75) is 13.1 Å². The summed E-state index contributed by atoms with van der Waals surface area (Å²) in [7, 11) is 0. The van der Waals surface area contributed by atoms with Gasteiger partial charge in [0.2, 0.25) is 0 Å². The van der Waals surface area contributed by atoms with Crippen LogP contribution >= 0.6 is 0 Å². The Hall–Kier alpha value is -2.36. The van der Waals surface area contributed by atoms with E-state index in [4.69, 9.17) is 5.26 Å². The maximum absolute atomic E-state index is 12.8. The van der Waals surface area contributed by atoms with Crippen molar-refractivity contribution in [3.8, 4) is 6.07 Å². The Morgan fingerprint density at radius 3 is 2.53 bits per heavy atom. The van der Waals surface area contributed by atoms with Crippen LogP contribution in [0, 0.1) is 11.3 Å². The monoisotopic (exact) mass is 271 g/mol. The molecule has 0 spiro atoms. The van der Waals surface area contributed by atoms with Gasteiger partial charge in [0.05, 0.1) is 29.4 Å². The highest BCUT2D eigenvalue weighted by atomic mass is 19.4. The summed E-state index contributed by atoms with van der Waals surface area (Å²) in [4.78, 5) is 22.1. The number of halogens is 3. The molecule has 0 aliphatic rings. The second-order valence-corrected chi connectivity index (χ2v) is 3.43. The first-order valence-electron chi connectivity index (χ1n) is 5.12. The van der Waals surface area contributed by atoms with Crippen molar-refractivity contribution in [3.05, 3.63) is 34.4 Å². The molecule has 0 aromatic heterocycles. The van der Waals surface area contributed by atoms with Gasteiger partial charge in [-0.2, -0.15) is 18.4 Å². The average Bonchev–Trinajstić information content (AvgIpc) is 2.36. The van der Waals surface area contributed by atoms with Crippen molar-refractivity contribution in [1.82, 2.24) is 0 Å². The van der Waals surface area contributed by atoms with E-state index in [-0.39, 0.29) is 18.5 Å². The normalized spacial score (nSPS) is 10.7. The minimum atomic E-state index is -4.83. The number of ether oxygens (including phenoxy) is 1. The van der Waals surface area contributed by atoms with Crippen LogP contribution in [0.15, 0.2) is 12.1 Å². The second-order valence-electron chi connectivity index (χ2n) is 3.43. The second kappa shape index (κ2) is 5.52. The molecule has 0 radical (unpaired) electrons. The Kier molecular flexibility index (Phi) is 4.27. The van der Waals surface area contributed by atoms with Gasteiger partial charge in [0.15, 0.2) is 6.29 Å². The molecule has 1 rings (SSSR count). The van der Waals surface area contributed by atoms with E-state index in [2.05, 4.69) is 4.74 Å². The van der Waals surface area contributed by atoms with E-state index in [9.17, 15) is 22.8 Å². The van der Waals surface area contributed by atoms with Crippen LogP contribution in [0.3, 0.4) is 0 Å². The third kappa shape index (κ3) is 3.10. The molecule has 0 fully saturated rings. The zero-order chi connectivity index (χ0) is 14.6. The molecule has 19 heavy (non-hydrogen) atoms. The number of hydrogen-bond acceptors (Lipinski definition) is 4. The van der Waals surface area contributed by atoms with Crippen LogP contribution < -0.4 is 0 Å². The van der Waals surface area contributed by atoms with Gasteiger partial charge in [-0.25, -0.2) is 4.79 Å². The zero-order valence-corrected chi connectivity index (χ0v) is 9.75. The largest absolute Gasteiger partial charge is 0.462 e. The van der Waals surface area contributed by atoms with Crippen LogP contribution in [0.2, 0.25) is 0 Å². The summed E-state index contributed by atoms with van der Waals surface area (Å²) in [5.74, 6) is -1.19. The number of alkyl halides is 3. The van der Waals surface area contributed by atoms with Gasteiger partial charge in [-0.1, -0.05) is 0 Å². The smallest absolute Gasteiger partial charge is 0.417 e. The predicted octanol–water partition coefficient (Wildman–Crippen LogP) is 2.57. The Bertz CT molecular complexity index is 559. The van der Waals surface area contributed by atoms with Gasteiger partial charge in [0.1, 0.15) is 0 Å². The van der Waals surface area contributed by atoms with Gasteiger partial charge in [0.25, 0.3) is 0 Å². The lowest BCUT2D eigenvalue weighted by Gasteiger charge is -2.13. The molecule has 0 amide bonds. The molecule has 1 aromatic carbocycles. The number of benzene rings is 1. The molecule has 0 unspecified atom stereocenters. The third-order valence-electron chi connectivity index (χ3n) is 2.24. The SMILES string of the molecule is CCOC(=O)c1cc(C#N)c(C=O)cc1C(F)(F)F. The lowest BCUT2D eigenvalue weighted by molar-refractivity contribution is -0.138. The Morgan fingerprint density at radius 2 is 2.11 bits per heavy atom. The van der Waals surface area contributed by atoms with Crippen molar-refractivity contribution < 1.29 is 27.5 Å². The molecule has 0 heterocycles. The lowest BCUT2D eigenvalue weighted by atomic mass is 9.99. The number of hydrogen-bond donors (Lipinski definition) is 0. The number of rotatable bonds is 3. The minimum absolute atomic E-state index is 0.104. The first-order valence-corrected chi connectivity index (χ1v) is 5.12. The summed E-state index contributed by atoms with van der Waals surface area (Å²) < 4.78 is 42.9. The fourth-order valence-corrected chi connectivity index (χ4v) is 1.42. The number of nitriles is 1. The molecule has 0 bridgehead atoms. The summed E-state index contributed by atoms with van der Waals surface area (Å²) in [6.07, 6.45) is -4.70. The van der Waals surface area contributed by atoms with Gasteiger partial charge in [-0.05, 0) is 19.1 Å². The highest BCUT2D eigenvalue weighted by molar-refractivity contribution is 5.93. The van der Waals surface area contributed by atoms with E-state index < -0.39 is 28.8 Å². The Balaban J connectivity index is 3.55. The predicted molar refractivity (Wildman–Crippen MR) is 57.5 cm³/mol. The summed E-state index contributed by atoms with van der Waals surface area (Å²) in [5, 5.41) is 8.74. The molecule has 100 valence electrons. The van der Waals surface area contributed by atoms with E-state index in [1.807, 2.05) is 0 Å². The molecule has 0 aliphatic heterocycles. The summed E-state index contributed by atoms with van der Waals surface area (Å²) in [5.41, 5.74) is -2.82. The van der Waals surface area contributed by atoms with Crippen molar-refractivity contribution in [2.75, 3.05) is 6.61 Å². The molecule has 1 aromatic rings. The van der Waals surface area contributed by atoms with E-state index in [0.717, 1.165) is 0 Å². The van der Waals surface area contributed by atoms with Crippen molar-refractivity contribution >= 4 is 12.3 Å². The molecular weight excluding hydrogens is 263 g/mol. The van der Waals surface area contributed by atoms with E-state index in [1.165, 1.54) is 6.92 Å². The minimum Gasteiger partial charge on any atom is -0.462 e. The number of esters is 1. The highest BCUT2D eigenvalue weighted by Crippen LogP contribution is 2.33. The van der Waals surface area contributed by atoms with Gasteiger partial charge in [0, 0.05) is 5.56 Å². The van der Waals surface area contributed by atoms with E-state index in [0.29, 0.717) is 12.1 Å². The van der Waals surface area contributed by atoms with Crippen molar-refractivity contribution in [3.63, 3.8) is 0 Å². The van der Waals surface area contributed by atoms with Crippen molar-refractivity contribution in [1.29, 1.82) is 5.26 Å².